The highest BCUT2D eigenvalue weighted by Gasteiger charge is 2.41. The van der Waals surface area contributed by atoms with Gasteiger partial charge in [0.1, 0.15) is 11.9 Å². The van der Waals surface area contributed by atoms with Crippen LogP contribution in [0.25, 0.3) is 0 Å². The van der Waals surface area contributed by atoms with Gasteiger partial charge in [0.25, 0.3) is 0 Å². The molecule has 2 aliphatic carbocycles. The summed E-state index contributed by atoms with van der Waals surface area (Å²) < 4.78 is 25.5. The molecule has 2 aromatic rings. The highest BCUT2D eigenvalue weighted by atomic mass is 32.2. The average Bonchev–Trinajstić information content (AvgIpc) is 3.71. The molecular weight excluding hydrogens is 578 g/mol. The van der Waals surface area contributed by atoms with Crippen molar-refractivity contribution in [3.05, 3.63) is 54.1 Å². The van der Waals surface area contributed by atoms with Gasteiger partial charge < -0.3 is 20.5 Å². The first-order valence-electron chi connectivity index (χ1n) is 16.3. The second-order valence-electron chi connectivity index (χ2n) is 14.1. The molecule has 0 aliphatic heterocycles. The Kier molecular flexibility index (Phi) is 11.8. The Bertz CT molecular complexity index is 1300. The van der Waals surface area contributed by atoms with Crippen LogP contribution in [0, 0.1) is 23.7 Å². The van der Waals surface area contributed by atoms with E-state index in [9.17, 15) is 28.2 Å². The number of nitrogens with zero attached hydrogens (tertiary/aromatic N) is 1. The number of nitrogens with one attached hydrogen (secondary N) is 2. The fraction of sp³-hybridized carbons (Fsp3) is 0.676. The topological polar surface area (TPSA) is 149 Å². The summed E-state index contributed by atoms with van der Waals surface area (Å²) in [6.45, 7) is 4.90. The largest absolute Gasteiger partial charge is 0.390 e. The van der Waals surface area contributed by atoms with Gasteiger partial charge in [-0.2, -0.15) is 0 Å². The van der Waals surface area contributed by atoms with E-state index in [1.54, 1.807) is 27.0 Å². The second kappa shape index (κ2) is 15.1. The zero-order valence-corrected chi connectivity index (χ0v) is 27.3. The maximum atomic E-state index is 14.0. The monoisotopic (exact) mass is 629 g/mol. The number of Topliss-reactive ketones (excluding diaryl/α,β-unsaturated/α-hetero) is 1. The summed E-state index contributed by atoms with van der Waals surface area (Å²) in [4.78, 5) is 35.1. The Balaban J connectivity index is 1.56. The summed E-state index contributed by atoms with van der Waals surface area (Å²) in [5.41, 5.74) is 1.54. The lowest BCUT2D eigenvalue weighted by Crippen LogP contribution is -2.52. The molecule has 0 unspecified atom stereocenters. The minimum Gasteiger partial charge on any atom is -0.390 e. The van der Waals surface area contributed by atoms with Crippen molar-refractivity contribution in [3.8, 4) is 0 Å². The van der Waals surface area contributed by atoms with E-state index < -0.39 is 44.7 Å². The molecule has 2 fully saturated rings. The molecule has 0 bridgehead atoms. The standard InChI is InChI=1S/C34H51N3O6S/c1-34(2,3)44(42,43)21-27(16-23-10-6-4-7-11-23)30(38)19-26(18-28-20-35-22-36-28)33(41)37-29(17-24-12-8-5-9-13-24)32(40)31(39)25-14-15-25/h4,6-7,10-11,20,22,24-27,29,31-32,39-40H,5,8-9,12-19,21H2,1-3H3,(H,35,36)(H,37,41)/t26-,27+,29-,31-,32+/m1/s1. The van der Waals surface area contributed by atoms with Crippen LogP contribution in [0.4, 0.5) is 0 Å². The summed E-state index contributed by atoms with van der Waals surface area (Å²) in [6.07, 6.45) is 9.19. The Morgan fingerprint density at radius 2 is 1.68 bits per heavy atom. The van der Waals surface area contributed by atoms with Gasteiger partial charge in [-0.1, -0.05) is 62.4 Å². The smallest absolute Gasteiger partial charge is 0.224 e. The molecule has 10 heteroatoms. The average molecular weight is 630 g/mol. The number of carbonyl (C=O) groups is 2. The molecule has 9 nitrogen and oxygen atoms in total. The molecule has 1 aromatic heterocycles. The lowest BCUT2D eigenvalue weighted by molar-refractivity contribution is -0.132. The number of amides is 1. The Labute approximate surface area is 262 Å². The summed E-state index contributed by atoms with van der Waals surface area (Å²) in [7, 11) is -3.62. The van der Waals surface area contributed by atoms with Crippen LogP contribution in [0.1, 0.15) is 89.8 Å². The number of ketones is 1. The van der Waals surface area contributed by atoms with E-state index in [0.717, 1.165) is 44.1 Å². The van der Waals surface area contributed by atoms with E-state index in [1.807, 2.05) is 30.3 Å². The van der Waals surface area contributed by atoms with Crippen molar-refractivity contribution >= 4 is 21.5 Å². The summed E-state index contributed by atoms with van der Waals surface area (Å²) >= 11 is 0. The number of hydrogen-bond acceptors (Lipinski definition) is 7. The van der Waals surface area contributed by atoms with Crippen molar-refractivity contribution in [3.63, 3.8) is 0 Å². The van der Waals surface area contributed by atoms with Crippen molar-refractivity contribution in [2.75, 3.05) is 5.75 Å². The number of carbonyl (C=O) groups excluding carboxylic acids is 2. The molecular formula is C34H51N3O6S. The quantitative estimate of drug-likeness (QED) is 0.218. The van der Waals surface area contributed by atoms with Gasteiger partial charge in [-0.25, -0.2) is 13.4 Å². The van der Waals surface area contributed by atoms with E-state index in [4.69, 9.17) is 0 Å². The summed E-state index contributed by atoms with van der Waals surface area (Å²) in [5.74, 6) is -2.21. The van der Waals surface area contributed by atoms with Gasteiger partial charge in [0, 0.05) is 30.7 Å². The molecule has 2 aliphatic rings. The number of benzene rings is 1. The van der Waals surface area contributed by atoms with E-state index in [0.29, 0.717) is 18.0 Å². The van der Waals surface area contributed by atoms with Crippen LogP contribution < -0.4 is 5.32 Å². The number of H-pyrrole nitrogens is 1. The van der Waals surface area contributed by atoms with Gasteiger partial charge in [-0.15, -0.1) is 0 Å². The first kappa shape index (κ1) is 34.3. The van der Waals surface area contributed by atoms with Crippen LogP contribution in [0.5, 0.6) is 0 Å². The third-order valence-electron chi connectivity index (χ3n) is 9.48. The van der Waals surface area contributed by atoms with E-state index >= 15 is 0 Å². The fourth-order valence-corrected chi connectivity index (χ4v) is 7.66. The second-order valence-corrected chi connectivity index (χ2v) is 16.9. The molecule has 5 atom stereocenters. The molecule has 244 valence electrons. The predicted molar refractivity (Wildman–Crippen MR) is 170 cm³/mol. The number of aromatic nitrogens is 2. The van der Waals surface area contributed by atoms with Crippen LogP contribution in [0.3, 0.4) is 0 Å². The minimum atomic E-state index is -3.62. The molecule has 0 saturated heterocycles. The summed E-state index contributed by atoms with van der Waals surface area (Å²) in [5, 5.41) is 25.1. The molecule has 2 saturated carbocycles. The third kappa shape index (κ3) is 9.72. The van der Waals surface area contributed by atoms with Crippen molar-refractivity contribution in [2.24, 2.45) is 23.7 Å². The van der Waals surface area contributed by atoms with Crippen molar-refractivity contribution < 1.29 is 28.2 Å². The molecule has 44 heavy (non-hydrogen) atoms. The van der Waals surface area contributed by atoms with Gasteiger partial charge in [-0.05, 0) is 63.9 Å². The van der Waals surface area contributed by atoms with Crippen LogP contribution in [-0.4, -0.2) is 69.0 Å². The Morgan fingerprint density at radius 1 is 1.00 bits per heavy atom. The van der Waals surface area contributed by atoms with Gasteiger partial charge in [0.2, 0.25) is 5.91 Å². The molecule has 4 N–H and O–H groups in total. The maximum absolute atomic E-state index is 14.0. The van der Waals surface area contributed by atoms with Gasteiger partial charge in [0.15, 0.2) is 9.84 Å². The van der Waals surface area contributed by atoms with Crippen molar-refractivity contribution in [1.82, 2.24) is 15.3 Å². The Morgan fingerprint density at radius 3 is 2.27 bits per heavy atom. The maximum Gasteiger partial charge on any atom is 0.224 e. The zero-order valence-electron chi connectivity index (χ0n) is 26.5. The van der Waals surface area contributed by atoms with Crippen LogP contribution in [0.15, 0.2) is 42.9 Å². The lowest BCUT2D eigenvalue weighted by atomic mass is 9.82. The number of aromatic amines is 1. The van der Waals surface area contributed by atoms with E-state index in [2.05, 4.69) is 15.3 Å². The first-order chi connectivity index (χ1) is 20.8. The molecule has 4 rings (SSSR count). The van der Waals surface area contributed by atoms with Crippen LogP contribution >= 0.6 is 0 Å². The molecule has 1 heterocycles. The molecule has 1 amide bonds. The number of imidazole rings is 1. The number of aliphatic hydroxyl groups excluding tert-OH is 2. The van der Waals surface area contributed by atoms with Crippen LogP contribution in [-0.2, 0) is 32.3 Å². The normalized spacial score (nSPS) is 19.9. The molecule has 0 spiro atoms. The number of hydrogen-bond donors (Lipinski definition) is 4. The predicted octanol–water partition coefficient (Wildman–Crippen LogP) is 4.19. The number of aliphatic hydroxyl groups is 2. The van der Waals surface area contributed by atoms with Gasteiger partial charge in [0.05, 0.1) is 34.9 Å². The highest BCUT2D eigenvalue weighted by Crippen LogP contribution is 2.36. The van der Waals surface area contributed by atoms with Gasteiger partial charge >= 0.3 is 0 Å². The number of rotatable bonds is 16. The minimum absolute atomic E-state index is 0.0432. The third-order valence-corrected chi connectivity index (χ3v) is 12.2. The van der Waals surface area contributed by atoms with Gasteiger partial charge in [-0.3, -0.25) is 9.59 Å². The summed E-state index contributed by atoms with van der Waals surface area (Å²) in [6, 6.07) is 8.70. The van der Waals surface area contributed by atoms with Crippen molar-refractivity contribution in [1.29, 1.82) is 0 Å². The fourth-order valence-electron chi connectivity index (χ4n) is 6.33. The van der Waals surface area contributed by atoms with Crippen LogP contribution in [0.2, 0.25) is 0 Å². The van der Waals surface area contributed by atoms with E-state index in [1.165, 1.54) is 12.7 Å². The Hall–Kier alpha value is -2.56. The highest BCUT2D eigenvalue weighted by molar-refractivity contribution is 7.92. The number of sulfone groups is 1. The first-order valence-corrected chi connectivity index (χ1v) is 17.9. The van der Waals surface area contributed by atoms with E-state index in [-0.39, 0.29) is 42.6 Å². The zero-order chi connectivity index (χ0) is 31.9. The van der Waals surface area contributed by atoms with Crippen molar-refractivity contribution in [2.45, 2.75) is 114 Å². The lowest BCUT2D eigenvalue weighted by Gasteiger charge is -2.33. The molecule has 0 radical (unpaired) electrons. The molecule has 1 aromatic carbocycles. The SMILES string of the molecule is CC(C)(C)S(=O)(=O)C[C@H](Cc1ccccc1)C(=O)C[C@@H](Cc1cnc[nH]1)C(=O)N[C@H](CC1CCCCC1)[C@H](O)[C@H](O)C1CC1.